The molecular formula is C32H42N4O4. The lowest BCUT2D eigenvalue weighted by Crippen LogP contribution is -2.37. The summed E-state index contributed by atoms with van der Waals surface area (Å²) in [5.41, 5.74) is 1.05. The lowest BCUT2D eigenvalue weighted by molar-refractivity contribution is -0.122. The lowest BCUT2D eigenvalue weighted by atomic mass is 10.1. The molecule has 1 N–H and O–H groups in total. The number of rotatable bonds is 11. The molecule has 8 nitrogen and oxygen atoms in total. The molecule has 1 amide bonds. The Balaban J connectivity index is 1.41. The number of carbonyl (C=O) groups excluding carboxylic acids is 1. The number of amides is 1. The van der Waals surface area contributed by atoms with Crippen LogP contribution in [0.15, 0.2) is 47.3 Å². The summed E-state index contributed by atoms with van der Waals surface area (Å²) in [6.07, 6.45) is 9.53. The molecule has 2 aliphatic rings. The highest BCUT2D eigenvalue weighted by atomic mass is 16.5. The first-order valence-electron chi connectivity index (χ1n) is 14.9. The number of ether oxygens (including phenoxy) is 2. The van der Waals surface area contributed by atoms with Crippen LogP contribution in [0.3, 0.4) is 0 Å². The van der Waals surface area contributed by atoms with Crippen molar-refractivity contribution < 1.29 is 14.3 Å². The summed E-state index contributed by atoms with van der Waals surface area (Å²) in [5.74, 6) is 1.61. The Kier molecular flexibility index (Phi) is 9.37. The van der Waals surface area contributed by atoms with Gasteiger partial charge in [0.1, 0.15) is 23.9 Å². The maximum absolute atomic E-state index is 13.8. The van der Waals surface area contributed by atoms with E-state index in [1.54, 1.807) is 6.07 Å². The SMILES string of the molecule is CC(C)NC(=O)Cn1c(-c2cccc(OC3CCCC3)c2)nc2ccc(OCCCN3CCCCC3)cc2c1=O. The predicted octanol–water partition coefficient (Wildman–Crippen LogP) is 5.16. The van der Waals surface area contributed by atoms with Gasteiger partial charge in [0, 0.05) is 18.2 Å². The van der Waals surface area contributed by atoms with Crippen LogP contribution in [0.4, 0.5) is 0 Å². The molecule has 1 saturated carbocycles. The van der Waals surface area contributed by atoms with Crippen LogP contribution in [0.25, 0.3) is 22.3 Å². The maximum atomic E-state index is 13.8. The van der Waals surface area contributed by atoms with Gasteiger partial charge >= 0.3 is 0 Å². The molecule has 1 aliphatic carbocycles. The molecule has 5 rings (SSSR count). The van der Waals surface area contributed by atoms with E-state index in [-0.39, 0.29) is 30.2 Å². The van der Waals surface area contributed by atoms with Crippen LogP contribution in [0.5, 0.6) is 11.5 Å². The fourth-order valence-electron chi connectivity index (χ4n) is 5.74. The van der Waals surface area contributed by atoms with Crippen LogP contribution in [0, 0.1) is 0 Å². The van der Waals surface area contributed by atoms with Crippen molar-refractivity contribution >= 4 is 16.8 Å². The molecule has 1 aliphatic heterocycles. The van der Waals surface area contributed by atoms with E-state index < -0.39 is 0 Å². The summed E-state index contributed by atoms with van der Waals surface area (Å²) < 4.78 is 13.7. The lowest BCUT2D eigenvalue weighted by Gasteiger charge is -2.26. The van der Waals surface area contributed by atoms with E-state index in [1.165, 1.54) is 49.8 Å². The molecule has 1 saturated heterocycles. The van der Waals surface area contributed by atoms with Crippen LogP contribution >= 0.6 is 0 Å². The summed E-state index contributed by atoms with van der Waals surface area (Å²) in [7, 11) is 0. The van der Waals surface area contributed by atoms with Gasteiger partial charge in [-0.05, 0) is 102 Å². The van der Waals surface area contributed by atoms with Crippen molar-refractivity contribution in [2.75, 3.05) is 26.2 Å². The Morgan fingerprint density at radius 2 is 1.82 bits per heavy atom. The molecule has 2 aromatic carbocycles. The van der Waals surface area contributed by atoms with Gasteiger partial charge in [-0.15, -0.1) is 0 Å². The minimum Gasteiger partial charge on any atom is -0.494 e. The predicted molar refractivity (Wildman–Crippen MR) is 158 cm³/mol. The molecular weight excluding hydrogens is 504 g/mol. The maximum Gasteiger partial charge on any atom is 0.262 e. The van der Waals surface area contributed by atoms with Crippen LogP contribution in [-0.2, 0) is 11.3 Å². The number of hydrogen-bond donors (Lipinski definition) is 1. The Morgan fingerprint density at radius 1 is 1.02 bits per heavy atom. The number of fused-ring (bicyclic) bond motifs is 1. The fraction of sp³-hybridized carbons (Fsp3) is 0.531. The van der Waals surface area contributed by atoms with Crippen molar-refractivity contribution in [3.05, 3.63) is 52.8 Å². The van der Waals surface area contributed by atoms with Gasteiger partial charge in [0.2, 0.25) is 5.91 Å². The van der Waals surface area contributed by atoms with E-state index in [4.69, 9.17) is 14.5 Å². The molecule has 0 spiro atoms. The molecule has 8 heteroatoms. The minimum absolute atomic E-state index is 0.0341. The van der Waals surface area contributed by atoms with Crippen LogP contribution in [-0.4, -0.2) is 58.7 Å². The third kappa shape index (κ3) is 7.22. The second kappa shape index (κ2) is 13.3. The van der Waals surface area contributed by atoms with Crippen LogP contribution in [0.1, 0.15) is 65.2 Å². The zero-order valence-electron chi connectivity index (χ0n) is 23.9. The molecule has 0 bridgehead atoms. The normalized spacial score (nSPS) is 16.5. The monoisotopic (exact) mass is 546 g/mol. The molecule has 1 aromatic heterocycles. The van der Waals surface area contributed by atoms with Gasteiger partial charge in [-0.1, -0.05) is 18.6 Å². The van der Waals surface area contributed by atoms with Crippen LogP contribution in [0.2, 0.25) is 0 Å². The van der Waals surface area contributed by atoms with E-state index in [2.05, 4.69) is 10.2 Å². The van der Waals surface area contributed by atoms with Crippen molar-refractivity contribution in [2.24, 2.45) is 0 Å². The Bertz CT molecular complexity index is 1360. The van der Waals surface area contributed by atoms with Gasteiger partial charge < -0.3 is 19.7 Å². The van der Waals surface area contributed by atoms with Crippen molar-refractivity contribution in [1.29, 1.82) is 0 Å². The van der Waals surface area contributed by atoms with E-state index in [9.17, 15) is 9.59 Å². The third-order valence-corrected chi connectivity index (χ3v) is 7.71. The number of piperidine rings is 1. The van der Waals surface area contributed by atoms with Gasteiger partial charge in [0.25, 0.3) is 5.56 Å². The number of aromatic nitrogens is 2. The summed E-state index contributed by atoms with van der Waals surface area (Å²) in [6, 6.07) is 13.1. The molecule has 214 valence electrons. The van der Waals surface area contributed by atoms with Gasteiger partial charge in [-0.25, -0.2) is 4.98 Å². The van der Waals surface area contributed by atoms with Crippen molar-refractivity contribution in [3.8, 4) is 22.9 Å². The minimum atomic E-state index is -0.264. The largest absolute Gasteiger partial charge is 0.494 e. The number of hydrogen-bond acceptors (Lipinski definition) is 6. The van der Waals surface area contributed by atoms with Crippen molar-refractivity contribution in [1.82, 2.24) is 19.8 Å². The summed E-state index contributed by atoms with van der Waals surface area (Å²) in [5, 5.41) is 3.34. The average Bonchev–Trinajstić information content (AvgIpc) is 3.46. The molecule has 0 unspecified atom stereocenters. The zero-order valence-corrected chi connectivity index (χ0v) is 23.9. The van der Waals surface area contributed by atoms with Gasteiger partial charge in [0.15, 0.2) is 0 Å². The first-order valence-corrected chi connectivity index (χ1v) is 14.9. The van der Waals surface area contributed by atoms with E-state index in [0.717, 1.165) is 37.1 Å². The number of benzene rings is 2. The second-order valence-electron chi connectivity index (χ2n) is 11.4. The zero-order chi connectivity index (χ0) is 27.9. The summed E-state index contributed by atoms with van der Waals surface area (Å²) in [4.78, 5) is 34.0. The highest BCUT2D eigenvalue weighted by Gasteiger charge is 2.19. The highest BCUT2D eigenvalue weighted by Crippen LogP contribution is 2.28. The van der Waals surface area contributed by atoms with Gasteiger partial charge in [0.05, 0.1) is 23.6 Å². The summed E-state index contributed by atoms with van der Waals surface area (Å²) in [6.45, 7) is 7.64. The number of carbonyl (C=O) groups is 1. The van der Waals surface area contributed by atoms with E-state index in [0.29, 0.717) is 29.1 Å². The van der Waals surface area contributed by atoms with Gasteiger partial charge in [-0.2, -0.15) is 0 Å². The van der Waals surface area contributed by atoms with Crippen molar-refractivity contribution in [2.45, 2.75) is 83.9 Å². The topological polar surface area (TPSA) is 85.7 Å². The number of nitrogens with one attached hydrogen (secondary N) is 1. The number of nitrogens with zero attached hydrogens (tertiary/aromatic N) is 3. The molecule has 3 aromatic rings. The fourth-order valence-corrected chi connectivity index (χ4v) is 5.74. The van der Waals surface area contributed by atoms with Crippen LogP contribution < -0.4 is 20.3 Å². The first-order chi connectivity index (χ1) is 19.5. The molecule has 0 radical (unpaired) electrons. The van der Waals surface area contributed by atoms with E-state index in [1.807, 2.05) is 50.2 Å². The third-order valence-electron chi connectivity index (χ3n) is 7.71. The smallest absolute Gasteiger partial charge is 0.262 e. The Labute approximate surface area is 236 Å². The molecule has 2 fully saturated rings. The highest BCUT2D eigenvalue weighted by molar-refractivity contribution is 5.83. The number of likely N-dealkylation sites (tertiary alicyclic amines) is 1. The Hall–Kier alpha value is -3.39. The summed E-state index contributed by atoms with van der Waals surface area (Å²) >= 11 is 0. The second-order valence-corrected chi connectivity index (χ2v) is 11.4. The average molecular weight is 547 g/mol. The standard InChI is InChI=1S/C32H42N4O4/c1-23(2)33-30(37)22-36-31(24-10-8-13-27(20-24)40-25-11-4-5-12-25)34-29-15-14-26(21-28(29)32(36)38)39-19-9-18-35-16-6-3-7-17-35/h8,10,13-15,20-21,23,25H,3-7,9,11-12,16-19,22H2,1-2H3,(H,33,37). The van der Waals surface area contributed by atoms with E-state index >= 15 is 0 Å². The molecule has 40 heavy (non-hydrogen) atoms. The molecule has 2 heterocycles. The first kappa shape index (κ1) is 28.1. The Morgan fingerprint density at radius 3 is 2.60 bits per heavy atom. The quantitative estimate of drug-likeness (QED) is 0.334. The van der Waals surface area contributed by atoms with Gasteiger partial charge in [-0.3, -0.25) is 14.2 Å². The molecule has 0 atom stereocenters. The van der Waals surface area contributed by atoms with Crippen molar-refractivity contribution in [3.63, 3.8) is 0 Å².